The van der Waals surface area contributed by atoms with Crippen LogP contribution in [0.4, 0.5) is 4.39 Å². The minimum Gasteiger partial charge on any atom is -0.458 e. The van der Waals surface area contributed by atoms with Crippen LogP contribution in [0.1, 0.15) is 19.1 Å². The Bertz CT molecular complexity index is 478. The second-order valence-electron chi connectivity index (χ2n) is 4.10. The fraction of sp³-hybridized carbons (Fsp3) is 0.385. The van der Waals surface area contributed by atoms with Gasteiger partial charge in [-0.15, -0.1) is 0 Å². The van der Waals surface area contributed by atoms with Gasteiger partial charge in [-0.2, -0.15) is 0 Å². The Morgan fingerprint density at radius 1 is 1.44 bits per heavy atom. The molecule has 3 heteroatoms. The molecule has 86 valence electrons. The molecule has 1 unspecified atom stereocenters. The summed E-state index contributed by atoms with van der Waals surface area (Å²) >= 11 is 0. The molecule has 0 bridgehead atoms. The highest BCUT2D eigenvalue weighted by atomic mass is 19.1. The molecule has 1 heterocycles. The highest BCUT2D eigenvalue weighted by Crippen LogP contribution is 2.22. The maximum Gasteiger partial charge on any atom is 0.169 e. The summed E-state index contributed by atoms with van der Waals surface area (Å²) in [6.45, 7) is 2.11. The quantitative estimate of drug-likeness (QED) is 0.858. The molecule has 0 saturated carbocycles. The number of hydrogen-bond acceptors (Lipinski definition) is 2. The zero-order chi connectivity index (χ0) is 11.5. The molecule has 16 heavy (non-hydrogen) atoms. The van der Waals surface area contributed by atoms with Crippen LogP contribution in [0.2, 0.25) is 0 Å². The van der Waals surface area contributed by atoms with Crippen LogP contribution in [0, 0.1) is 5.82 Å². The highest BCUT2D eigenvalue weighted by Gasteiger charge is 2.08. The van der Waals surface area contributed by atoms with Gasteiger partial charge in [0.25, 0.3) is 0 Å². The molecule has 0 amide bonds. The molecule has 0 fully saturated rings. The molecule has 2 nitrogen and oxygen atoms in total. The van der Waals surface area contributed by atoms with E-state index in [2.05, 4.69) is 12.2 Å². The lowest BCUT2D eigenvalue weighted by molar-refractivity contribution is 0.485. The molecule has 2 aromatic rings. The fourth-order valence-corrected chi connectivity index (χ4v) is 1.71. The number of furan rings is 1. The van der Waals surface area contributed by atoms with Crippen molar-refractivity contribution in [2.24, 2.45) is 0 Å². The smallest absolute Gasteiger partial charge is 0.169 e. The van der Waals surface area contributed by atoms with Crippen LogP contribution in [0.15, 0.2) is 28.7 Å². The van der Waals surface area contributed by atoms with Crippen molar-refractivity contribution in [3.05, 3.63) is 35.8 Å². The normalized spacial score (nSPS) is 13.2. The first-order chi connectivity index (χ1) is 7.70. The van der Waals surface area contributed by atoms with Crippen LogP contribution in [0.25, 0.3) is 11.0 Å². The van der Waals surface area contributed by atoms with Crippen LogP contribution >= 0.6 is 0 Å². The molecule has 0 radical (unpaired) electrons. The first-order valence-corrected chi connectivity index (χ1v) is 5.55. The number of hydrogen-bond donors (Lipinski definition) is 1. The predicted molar refractivity (Wildman–Crippen MR) is 63.0 cm³/mol. The van der Waals surface area contributed by atoms with Gasteiger partial charge in [0.1, 0.15) is 5.76 Å². The van der Waals surface area contributed by atoms with Crippen molar-refractivity contribution in [3.8, 4) is 0 Å². The average molecular weight is 221 g/mol. The van der Waals surface area contributed by atoms with Gasteiger partial charge in [-0.05, 0) is 32.5 Å². The molecule has 0 aliphatic heterocycles. The Labute approximate surface area is 94.4 Å². The summed E-state index contributed by atoms with van der Waals surface area (Å²) in [4.78, 5) is 0. The van der Waals surface area contributed by atoms with E-state index in [1.165, 1.54) is 6.07 Å². The van der Waals surface area contributed by atoms with Gasteiger partial charge in [0.15, 0.2) is 11.4 Å². The van der Waals surface area contributed by atoms with Gasteiger partial charge in [0.05, 0.1) is 0 Å². The van der Waals surface area contributed by atoms with E-state index in [4.69, 9.17) is 4.42 Å². The first kappa shape index (κ1) is 11.1. The zero-order valence-corrected chi connectivity index (χ0v) is 9.59. The average Bonchev–Trinajstić information content (AvgIpc) is 2.70. The van der Waals surface area contributed by atoms with E-state index >= 15 is 0 Å². The van der Waals surface area contributed by atoms with Crippen molar-refractivity contribution in [1.29, 1.82) is 0 Å². The second-order valence-corrected chi connectivity index (χ2v) is 4.10. The molecule has 1 atom stereocenters. The van der Waals surface area contributed by atoms with Crippen molar-refractivity contribution in [1.82, 2.24) is 5.32 Å². The lowest BCUT2D eigenvalue weighted by Crippen LogP contribution is -2.21. The Balaban J connectivity index is 2.17. The van der Waals surface area contributed by atoms with Crippen LogP contribution in [0.5, 0.6) is 0 Å². The standard InChI is InChI=1S/C13H16FNO/c1-9(15-2)6-7-11-8-10-4-3-5-12(14)13(10)16-11/h3-5,8-9,15H,6-7H2,1-2H3. The van der Waals surface area contributed by atoms with Crippen LogP contribution in [-0.4, -0.2) is 13.1 Å². The highest BCUT2D eigenvalue weighted by molar-refractivity contribution is 5.78. The third kappa shape index (κ3) is 2.25. The topological polar surface area (TPSA) is 25.2 Å². The molecule has 2 rings (SSSR count). The van der Waals surface area contributed by atoms with E-state index < -0.39 is 0 Å². The molecule has 1 aromatic carbocycles. The summed E-state index contributed by atoms with van der Waals surface area (Å²) in [6.07, 6.45) is 1.81. The minimum absolute atomic E-state index is 0.287. The van der Waals surface area contributed by atoms with Gasteiger partial charge in [0.2, 0.25) is 0 Å². The molecule has 0 aliphatic carbocycles. The van der Waals surface area contributed by atoms with E-state index in [-0.39, 0.29) is 5.82 Å². The van der Waals surface area contributed by atoms with E-state index in [1.54, 1.807) is 6.07 Å². The number of rotatable bonds is 4. The summed E-state index contributed by atoms with van der Waals surface area (Å²) in [6, 6.07) is 7.35. The summed E-state index contributed by atoms with van der Waals surface area (Å²) < 4.78 is 18.8. The first-order valence-electron chi connectivity index (χ1n) is 5.55. The number of benzene rings is 1. The van der Waals surface area contributed by atoms with Crippen molar-refractivity contribution < 1.29 is 8.81 Å². The lowest BCUT2D eigenvalue weighted by atomic mass is 10.1. The Hall–Kier alpha value is -1.35. The molecule has 0 aliphatic rings. The monoisotopic (exact) mass is 221 g/mol. The largest absolute Gasteiger partial charge is 0.458 e. The van der Waals surface area contributed by atoms with Crippen molar-refractivity contribution in [3.63, 3.8) is 0 Å². The van der Waals surface area contributed by atoms with E-state index in [0.717, 1.165) is 24.0 Å². The molecule has 0 saturated heterocycles. The van der Waals surface area contributed by atoms with E-state index in [0.29, 0.717) is 11.6 Å². The number of halogens is 1. The second kappa shape index (κ2) is 4.66. The van der Waals surface area contributed by atoms with Gasteiger partial charge < -0.3 is 9.73 Å². The lowest BCUT2D eigenvalue weighted by Gasteiger charge is -2.07. The van der Waals surface area contributed by atoms with Gasteiger partial charge in [-0.25, -0.2) is 4.39 Å². The van der Waals surface area contributed by atoms with Crippen LogP contribution < -0.4 is 5.32 Å². The zero-order valence-electron chi connectivity index (χ0n) is 9.59. The summed E-state index contributed by atoms with van der Waals surface area (Å²) in [5, 5.41) is 4.00. The van der Waals surface area contributed by atoms with Crippen molar-refractivity contribution >= 4 is 11.0 Å². The Morgan fingerprint density at radius 3 is 2.94 bits per heavy atom. The van der Waals surface area contributed by atoms with Gasteiger partial charge in [0, 0.05) is 17.8 Å². The molecular formula is C13H16FNO. The van der Waals surface area contributed by atoms with E-state index in [1.807, 2.05) is 19.2 Å². The summed E-state index contributed by atoms with van der Waals surface area (Å²) in [7, 11) is 1.93. The Kier molecular flexibility index (Phi) is 3.25. The Morgan fingerprint density at radius 2 is 2.25 bits per heavy atom. The number of nitrogens with one attached hydrogen (secondary N) is 1. The van der Waals surface area contributed by atoms with Crippen molar-refractivity contribution in [2.45, 2.75) is 25.8 Å². The maximum absolute atomic E-state index is 13.4. The van der Waals surface area contributed by atoms with Crippen molar-refractivity contribution in [2.75, 3.05) is 7.05 Å². The fourth-order valence-electron chi connectivity index (χ4n) is 1.71. The van der Waals surface area contributed by atoms with Crippen LogP contribution in [-0.2, 0) is 6.42 Å². The van der Waals surface area contributed by atoms with E-state index in [9.17, 15) is 4.39 Å². The third-order valence-corrected chi connectivity index (χ3v) is 2.86. The minimum atomic E-state index is -0.287. The van der Waals surface area contributed by atoms with Gasteiger partial charge >= 0.3 is 0 Å². The number of aryl methyl sites for hydroxylation is 1. The molecule has 0 spiro atoms. The van der Waals surface area contributed by atoms with Gasteiger partial charge in [-0.3, -0.25) is 0 Å². The molecule has 1 N–H and O–H groups in total. The predicted octanol–water partition coefficient (Wildman–Crippen LogP) is 3.11. The summed E-state index contributed by atoms with van der Waals surface area (Å²) in [5.41, 5.74) is 0.370. The maximum atomic E-state index is 13.4. The molecule has 1 aromatic heterocycles. The van der Waals surface area contributed by atoms with Crippen LogP contribution in [0.3, 0.4) is 0 Å². The SMILES string of the molecule is CNC(C)CCc1cc2cccc(F)c2o1. The third-order valence-electron chi connectivity index (χ3n) is 2.86. The molecular weight excluding hydrogens is 205 g/mol. The summed E-state index contributed by atoms with van der Waals surface area (Å²) in [5.74, 6) is 0.563. The van der Waals surface area contributed by atoms with Gasteiger partial charge in [-0.1, -0.05) is 12.1 Å². The number of fused-ring (bicyclic) bond motifs is 1. The number of para-hydroxylation sites is 1.